The third-order valence-electron chi connectivity index (χ3n) is 2.37. The minimum atomic E-state index is -2.98. The van der Waals surface area contributed by atoms with Crippen LogP contribution in [0.2, 0.25) is 0 Å². The van der Waals surface area contributed by atoms with E-state index >= 15 is 0 Å². The average molecular weight is 280 g/mol. The molecule has 0 amide bonds. The van der Waals surface area contributed by atoms with E-state index in [1.165, 1.54) is 18.3 Å². The third-order valence-corrected chi connectivity index (χ3v) is 2.37. The van der Waals surface area contributed by atoms with Gasteiger partial charge in [-0.2, -0.15) is 13.9 Å². The van der Waals surface area contributed by atoms with Crippen LogP contribution in [0.15, 0.2) is 53.6 Å². The topological polar surface area (TPSA) is 33.6 Å². The van der Waals surface area contributed by atoms with Gasteiger partial charge in [-0.05, 0) is 24.3 Å². The van der Waals surface area contributed by atoms with Crippen LogP contribution in [0.1, 0.15) is 5.56 Å². The zero-order chi connectivity index (χ0) is 14.4. The Kier molecular flexibility index (Phi) is 4.60. The second-order valence-corrected chi connectivity index (χ2v) is 3.80. The van der Waals surface area contributed by atoms with E-state index in [2.05, 4.69) is 15.3 Å². The number of hydrogen-bond donors (Lipinski definition) is 1. The summed E-state index contributed by atoms with van der Waals surface area (Å²) in [7, 11) is 0. The van der Waals surface area contributed by atoms with Crippen molar-refractivity contribution in [2.24, 2.45) is 5.10 Å². The molecule has 0 saturated heterocycles. The normalized spacial score (nSPS) is 11.0. The number of hydrogen-bond acceptors (Lipinski definition) is 3. The van der Waals surface area contributed by atoms with E-state index in [1.807, 2.05) is 18.2 Å². The van der Waals surface area contributed by atoms with Crippen molar-refractivity contribution in [3.8, 4) is 5.75 Å². The van der Waals surface area contributed by atoms with Gasteiger partial charge in [0, 0.05) is 11.6 Å². The highest BCUT2D eigenvalue weighted by molar-refractivity contribution is 5.80. The number of alkyl halides is 2. The fourth-order valence-electron chi connectivity index (χ4n) is 1.48. The standard InChI is InChI=1S/C14H11F3N2O/c15-13-8-12(20-14(16)17)7-6-10(13)9-18-19-11-4-2-1-3-5-11/h1-9,14,19H. The lowest BCUT2D eigenvalue weighted by Crippen LogP contribution is -2.02. The molecular weight excluding hydrogens is 269 g/mol. The minimum Gasteiger partial charge on any atom is -0.435 e. The maximum atomic E-state index is 13.6. The number of rotatable bonds is 5. The molecule has 0 unspecified atom stereocenters. The smallest absolute Gasteiger partial charge is 0.387 e. The molecule has 0 aliphatic heterocycles. The Morgan fingerprint density at radius 1 is 1.10 bits per heavy atom. The van der Waals surface area contributed by atoms with E-state index < -0.39 is 12.4 Å². The number of halogens is 3. The van der Waals surface area contributed by atoms with Gasteiger partial charge in [-0.3, -0.25) is 5.43 Å². The van der Waals surface area contributed by atoms with Crippen LogP contribution in [0.4, 0.5) is 18.9 Å². The van der Waals surface area contributed by atoms with Crippen molar-refractivity contribution in [3.05, 3.63) is 59.9 Å². The molecule has 0 radical (unpaired) electrons. The summed E-state index contributed by atoms with van der Waals surface area (Å²) in [6.07, 6.45) is 1.26. The van der Waals surface area contributed by atoms with Crippen LogP contribution in [-0.4, -0.2) is 12.8 Å². The molecule has 2 rings (SSSR count). The van der Waals surface area contributed by atoms with Gasteiger partial charge in [0.25, 0.3) is 0 Å². The summed E-state index contributed by atoms with van der Waals surface area (Å²) in [5.74, 6) is -0.924. The zero-order valence-corrected chi connectivity index (χ0v) is 10.3. The van der Waals surface area contributed by atoms with Crippen molar-refractivity contribution in [2.45, 2.75) is 6.61 Å². The van der Waals surface area contributed by atoms with Gasteiger partial charge >= 0.3 is 6.61 Å². The van der Waals surface area contributed by atoms with Gasteiger partial charge < -0.3 is 4.74 Å². The molecule has 0 saturated carbocycles. The van der Waals surface area contributed by atoms with Gasteiger partial charge in [0.15, 0.2) is 0 Å². The number of ether oxygens (including phenoxy) is 1. The van der Waals surface area contributed by atoms with Crippen LogP contribution < -0.4 is 10.2 Å². The lowest BCUT2D eigenvalue weighted by atomic mass is 10.2. The molecular formula is C14H11F3N2O. The second kappa shape index (κ2) is 6.60. The van der Waals surface area contributed by atoms with E-state index in [9.17, 15) is 13.2 Å². The lowest BCUT2D eigenvalue weighted by molar-refractivity contribution is -0.0499. The SMILES string of the molecule is Fc1cc(OC(F)F)ccc1C=NNc1ccccc1. The van der Waals surface area contributed by atoms with Gasteiger partial charge in [0.1, 0.15) is 11.6 Å². The molecule has 0 aliphatic rings. The molecule has 0 bridgehead atoms. The molecule has 0 fully saturated rings. The summed E-state index contributed by atoms with van der Waals surface area (Å²) in [6, 6.07) is 12.6. The van der Waals surface area contributed by atoms with Gasteiger partial charge in [-0.25, -0.2) is 4.39 Å². The molecule has 0 aliphatic carbocycles. The molecule has 0 aromatic heterocycles. The van der Waals surface area contributed by atoms with Crippen molar-refractivity contribution < 1.29 is 17.9 Å². The van der Waals surface area contributed by atoms with Gasteiger partial charge in [0.05, 0.1) is 11.9 Å². The second-order valence-electron chi connectivity index (χ2n) is 3.80. The highest BCUT2D eigenvalue weighted by atomic mass is 19.3. The molecule has 3 nitrogen and oxygen atoms in total. The Labute approximate surface area is 113 Å². The number of anilines is 1. The van der Waals surface area contributed by atoms with E-state index in [-0.39, 0.29) is 11.3 Å². The molecule has 1 N–H and O–H groups in total. The van der Waals surface area contributed by atoms with Crippen LogP contribution in [0.5, 0.6) is 5.75 Å². The summed E-state index contributed by atoms with van der Waals surface area (Å²) in [5.41, 5.74) is 3.63. The van der Waals surface area contributed by atoms with Crippen molar-refractivity contribution in [1.29, 1.82) is 0 Å². The minimum absolute atomic E-state index is 0.162. The van der Waals surface area contributed by atoms with Crippen LogP contribution >= 0.6 is 0 Å². The van der Waals surface area contributed by atoms with Crippen molar-refractivity contribution in [2.75, 3.05) is 5.43 Å². The summed E-state index contributed by atoms with van der Waals surface area (Å²) in [5, 5.41) is 3.86. The van der Waals surface area contributed by atoms with E-state index in [0.717, 1.165) is 11.8 Å². The first-order valence-electron chi connectivity index (χ1n) is 5.73. The van der Waals surface area contributed by atoms with E-state index in [0.29, 0.717) is 0 Å². The first kappa shape index (κ1) is 13.9. The fraction of sp³-hybridized carbons (Fsp3) is 0.0714. The Morgan fingerprint density at radius 3 is 2.50 bits per heavy atom. The Bertz CT molecular complexity index is 588. The predicted molar refractivity (Wildman–Crippen MR) is 70.7 cm³/mol. The summed E-state index contributed by atoms with van der Waals surface area (Å²) in [6.45, 7) is -2.98. The van der Waals surface area contributed by atoms with Crippen molar-refractivity contribution >= 4 is 11.9 Å². The lowest BCUT2D eigenvalue weighted by Gasteiger charge is -2.05. The van der Waals surface area contributed by atoms with Crippen LogP contribution in [0.3, 0.4) is 0 Å². The molecule has 0 atom stereocenters. The summed E-state index contributed by atoms with van der Waals surface area (Å²) >= 11 is 0. The molecule has 6 heteroatoms. The Balaban J connectivity index is 2.02. The van der Waals surface area contributed by atoms with Gasteiger partial charge in [-0.1, -0.05) is 18.2 Å². The molecule has 2 aromatic rings. The predicted octanol–water partition coefficient (Wildman–Crippen LogP) is 3.87. The van der Waals surface area contributed by atoms with Crippen molar-refractivity contribution in [1.82, 2.24) is 0 Å². The number of nitrogens with one attached hydrogen (secondary N) is 1. The Morgan fingerprint density at radius 2 is 1.85 bits per heavy atom. The molecule has 2 aromatic carbocycles. The molecule has 0 spiro atoms. The van der Waals surface area contributed by atoms with Crippen LogP contribution in [-0.2, 0) is 0 Å². The Hall–Kier alpha value is -2.50. The van der Waals surface area contributed by atoms with Crippen LogP contribution in [0.25, 0.3) is 0 Å². The largest absolute Gasteiger partial charge is 0.435 e. The maximum Gasteiger partial charge on any atom is 0.387 e. The molecule has 104 valence electrons. The van der Waals surface area contributed by atoms with E-state index in [1.54, 1.807) is 12.1 Å². The van der Waals surface area contributed by atoms with Gasteiger partial charge in [-0.15, -0.1) is 0 Å². The highest BCUT2D eigenvalue weighted by Crippen LogP contribution is 2.17. The van der Waals surface area contributed by atoms with Crippen molar-refractivity contribution in [3.63, 3.8) is 0 Å². The third kappa shape index (κ3) is 4.01. The highest BCUT2D eigenvalue weighted by Gasteiger charge is 2.07. The number of hydrazone groups is 1. The average Bonchev–Trinajstić information content (AvgIpc) is 2.42. The molecule has 0 heterocycles. The first-order chi connectivity index (χ1) is 9.65. The summed E-state index contributed by atoms with van der Waals surface area (Å²) < 4.78 is 41.6. The number of benzene rings is 2. The first-order valence-corrected chi connectivity index (χ1v) is 5.73. The monoisotopic (exact) mass is 280 g/mol. The van der Waals surface area contributed by atoms with Crippen LogP contribution in [0, 0.1) is 5.82 Å². The van der Waals surface area contributed by atoms with Gasteiger partial charge in [0.2, 0.25) is 0 Å². The van der Waals surface area contributed by atoms with E-state index in [4.69, 9.17) is 0 Å². The number of nitrogens with zero attached hydrogens (tertiary/aromatic N) is 1. The quantitative estimate of drug-likeness (QED) is 0.666. The maximum absolute atomic E-state index is 13.6. The number of para-hydroxylation sites is 1. The fourth-order valence-corrected chi connectivity index (χ4v) is 1.48. The summed E-state index contributed by atoms with van der Waals surface area (Å²) in [4.78, 5) is 0. The zero-order valence-electron chi connectivity index (χ0n) is 10.3. The molecule has 20 heavy (non-hydrogen) atoms.